The van der Waals surface area contributed by atoms with Gasteiger partial charge in [0.25, 0.3) is 0 Å². The van der Waals surface area contributed by atoms with Crippen molar-refractivity contribution in [3.8, 4) is 0 Å². The van der Waals surface area contributed by atoms with Crippen molar-refractivity contribution in [1.29, 1.82) is 0 Å². The summed E-state index contributed by atoms with van der Waals surface area (Å²) in [6.45, 7) is 3.46. The number of thiazole rings is 1. The molecule has 3 N–H and O–H groups in total. The molecule has 1 saturated heterocycles. The Kier molecular flexibility index (Phi) is 3.53. The van der Waals surface area contributed by atoms with Crippen molar-refractivity contribution in [2.24, 2.45) is 5.73 Å². The van der Waals surface area contributed by atoms with Crippen molar-refractivity contribution in [2.75, 3.05) is 37.7 Å². The van der Waals surface area contributed by atoms with Gasteiger partial charge in [0.2, 0.25) is 0 Å². The fraction of sp³-hybridized carbons (Fsp3) is 0.667. The van der Waals surface area contributed by atoms with Crippen molar-refractivity contribution in [1.82, 2.24) is 4.98 Å². The fourth-order valence-corrected chi connectivity index (χ4v) is 2.41. The number of ether oxygens (including phenoxy) is 1. The normalized spacial score (nSPS) is 19.2. The molecule has 1 fully saturated rings. The van der Waals surface area contributed by atoms with Crippen LogP contribution in [0.3, 0.4) is 0 Å². The van der Waals surface area contributed by atoms with Crippen LogP contribution in [0.5, 0.6) is 0 Å². The predicted molar refractivity (Wildman–Crippen MR) is 59.2 cm³/mol. The van der Waals surface area contributed by atoms with E-state index in [1.165, 1.54) is 11.3 Å². The van der Waals surface area contributed by atoms with Gasteiger partial charge in [-0.3, -0.25) is 0 Å². The van der Waals surface area contributed by atoms with Gasteiger partial charge in [-0.15, -0.1) is 0 Å². The minimum Gasteiger partial charge on any atom is -0.386 e. The largest absolute Gasteiger partial charge is 0.386 e. The summed E-state index contributed by atoms with van der Waals surface area (Å²) in [5.41, 5.74) is 5.39. The molecular weight excluding hydrogens is 214 g/mol. The highest BCUT2D eigenvalue weighted by Gasteiger charge is 2.16. The van der Waals surface area contributed by atoms with Crippen LogP contribution in [0.4, 0.5) is 5.13 Å². The number of aliphatic hydroxyl groups is 1. The van der Waals surface area contributed by atoms with Gasteiger partial charge in [-0.2, -0.15) is 0 Å². The Morgan fingerprint density at radius 1 is 1.60 bits per heavy atom. The lowest BCUT2D eigenvalue weighted by atomic mass is 10.3. The maximum absolute atomic E-state index is 9.54. The molecule has 5 nitrogen and oxygen atoms in total. The van der Waals surface area contributed by atoms with Crippen LogP contribution in [0, 0.1) is 0 Å². The van der Waals surface area contributed by atoms with Gasteiger partial charge in [0.05, 0.1) is 18.1 Å². The molecule has 2 heterocycles. The first-order chi connectivity index (χ1) is 7.31. The fourth-order valence-electron chi connectivity index (χ4n) is 1.45. The minimum atomic E-state index is -0.586. The molecule has 1 aromatic rings. The van der Waals surface area contributed by atoms with Crippen molar-refractivity contribution >= 4 is 16.5 Å². The number of rotatable bonds is 3. The second-order valence-electron chi connectivity index (χ2n) is 3.40. The van der Waals surface area contributed by atoms with Gasteiger partial charge >= 0.3 is 0 Å². The number of nitrogens with zero attached hydrogens (tertiary/aromatic N) is 2. The topological polar surface area (TPSA) is 71.6 Å². The Morgan fingerprint density at radius 3 is 3.00 bits per heavy atom. The van der Waals surface area contributed by atoms with Gasteiger partial charge in [-0.05, 0) is 0 Å². The molecule has 0 spiro atoms. The smallest absolute Gasteiger partial charge is 0.185 e. The van der Waals surface area contributed by atoms with E-state index in [0.717, 1.165) is 36.3 Å². The third-order valence-corrected chi connectivity index (χ3v) is 3.50. The molecule has 0 amide bonds. The van der Waals surface area contributed by atoms with Crippen molar-refractivity contribution in [3.63, 3.8) is 0 Å². The number of aromatic nitrogens is 1. The number of nitrogens with two attached hydrogens (primary N) is 1. The Balaban J connectivity index is 2.05. The zero-order chi connectivity index (χ0) is 10.7. The summed E-state index contributed by atoms with van der Waals surface area (Å²) in [5, 5.41) is 10.5. The maximum Gasteiger partial charge on any atom is 0.185 e. The molecule has 0 aromatic carbocycles. The SMILES string of the molecule is NC[C@H](O)c1cnc(N2CCOCC2)s1. The molecule has 1 aromatic heterocycles. The Labute approximate surface area is 92.5 Å². The van der Waals surface area contributed by atoms with Crippen molar-refractivity contribution < 1.29 is 9.84 Å². The zero-order valence-electron chi connectivity index (χ0n) is 8.43. The zero-order valence-corrected chi connectivity index (χ0v) is 9.24. The van der Waals surface area contributed by atoms with Crippen LogP contribution < -0.4 is 10.6 Å². The van der Waals surface area contributed by atoms with E-state index in [1.54, 1.807) is 6.20 Å². The quantitative estimate of drug-likeness (QED) is 0.761. The third kappa shape index (κ3) is 2.46. The van der Waals surface area contributed by atoms with Gasteiger partial charge in [0.15, 0.2) is 5.13 Å². The summed E-state index contributed by atoms with van der Waals surface area (Å²) in [6, 6.07) is 0. The summed E-state index contributed by atoms with van der Waals surface area (Å²) in [7, 11) is 0. The Hall–Kier alpha value is -0.690. The highest BCUT2D eigenvalue weighted by Crippen LogP contribution is 2.27. The van der Waals surface area contributed by atoms with Crippen LogP contribution in [-0.4, -0.2) is 42.9 Å². The van der Waals surface area contributed by atoms with E-state index in [2.05, 4.69) is 9.88 Å². The molecular formula is C9H15N3O2S. The number of aliphatic hydroxyl groups excluding tert-OH is 1. The molecule has 0 saturated carbocycles. The number of hydrogen-bond donors (Lipinski definition) is 2. The average Bonchev–Trinajstić information content (AvgIpc) is 2.78. The van der Waals surface area contributed by atoms with E-state index >= 15 is 0 Å². The standard InChI is InChI=1S/C9H15N3O2S/c10-5-7(13)8-6-11-9(15-8)12-1-3-14-4-2-12/h6-7,13H,1-5,10H2/t7-/m0/s1. The number of morpholine rings is 1. The van der Waals surface area contributed by atoms with Gasteiger partial charge in [-0.1, -0.05) is 11.3 Å². The molecule has 6 heteroatoms. The second kappa shape index (κ2) is 4.89. The molecule has 15 heavy (non-hydrogen) atoms. The molecule has 1 atom stereocenters. The minimum absolute atomic E-state index is 0.241. The first-order valence-electron chi connectivity index (χ1n) is 4.98. The van der Waals surface area contributed by atoms with Gasteiger partial charge in [0, 0.05) is 25.8 Å². The lowest BCUT2D eigenvalue weighted by molar-refractivity contribution is 0.122. The summed E-state index contributed by atoms with van der Waals surface area (Å²) in [5.74, 6) is 0. The van der Waals surface area contributed by atoms with Crippen molar-refractivity contribution in [3.05, 3.63) is 11.1 Å². The van der Waals surface area contributed by atoms with Gasteiger partial charge < -0.3 is 20.5 Å². The second-order valence-corrected chi connectivity index (χ2v) is 4.44. The molecule has 2 rings (SSSR count). The first-order valence-corrected chi connectivity index (χ1v) is 5.79. The average molecular weight is 229 g/mol. The number of anilines is 1. The van der Waals surface area contributed by atoms with E-state index in [1.807, 2.05) is 0 Å². The lowest BCUT2D eigenvalue weighted by Gasteiger charge is -2.26. The van der Waals surface area contributed by atoms with E-state index in [-0.39, 0.29) is 6.54 Å². The third-order valence-electron chi connectivity index (χ3n) is 2.34. The molecule has 84 valence electrons. The van der Waals surface area contributed by atoms with E-state index in [4.69, 9.17) is 10.5 Å². The van der Waals surface area contributed by atoms with E-state index < -0.39 is 6.10 Å². The van der Waals surface area contributed by atoms with Crippen molar-refractivity contribution in [2.45, 2.75) is 6.10 Å². The first kappa shape index (κ1) is 10.8. The molecule has 0 bridgehead atoms. The molecule has 1 aliphatic heterocycles. The number of hydrogen-bond acceptors (Lipinski definition) is 6. The molecule has 1 aliphatic rings. The summed E-state index contributed by atoms with van der Waals surface area (Å²) in [4.78, 5) is 7.28. The van der Waals surface area contributed by atoms with Gasteiger partial charge in [0.1, 0.15) is 6.10 Å². The Morgan fingerprint density at radius 2 is 2.33 bits per heavy atom. The van der Waals surface area contributed by atoms with Crippen LogP contribution >= 0.6 is 11.3 Å². The maximum atomic E-state index is 9.54. The predicted octanol–water partition coefficient (Wildman–Crippen LogP) is -0.0282. The summed E-state index contributed by atoms with van der Waals surface area (Å²) < 4.78 is 5.26. The van der Waals surface area contributed by atoms with Crippen LogP contribution in [0.15, 0.2) is 6.20 Å². The highest BCUT2D eigenvalue weighted by molar-refractivity contribution is 7.15. The monoisotopic (exact) mass is 229 g/mol. The van der Waals surface area contributed by atoms with E-state index in [0.29, 0.717) is 0 Å². The van der Waals surface area contributed by atoms with Crippen LogP contribution in [0.25, 0.3) is 0 Å². The van der Waals surface area contributed by atoms with E-state index in [9.17, 15) is 5.11 Å². The van der Waals surface area contributed by atoms with Crippen LogP contribution in [0.2, 0.25) is 0 Å². The summed E-state index contributed by atoms with van der Waals surface area (Å²) >= 11 is 1.50. The molecule has 0 unspecified atom stereocenters. The summed E-state index contributed by atoms with van der Waals surface area (Å²) in [6.07, 6.45) is 1.12. The lowest BCUT2D eigenvalue weighted by Crippen LogP contribution is -2.36. The van der Waals surface area contributed by atoms with Crippen LogP contribution in [-0.2, 0) is 4.74 Å². The Bertz CT molecular complexity index is 312. The molecule has 0 aliphatic carbocycles. The van der Waals surface area contributed by atoms with Crippen LogP contribution in [0.1, 0.15) is 11.0 Å². The highest BCUT2D eigenvalue weighted by atomic mass is 32.1. The molecule has 0 radical (unpaired) electrons. The van der Waals surface area contributed by atoms with Gasteiger partial charge in [-0.25, -0.2) is 4.98 Å².